The number of nitrogens with zero attached hydrogens (tertiary/aromatic N) is 1. The van der Waals surface area contributed by atoms with Crippen molar-refractivity contribution in [2.75, 3.05) is 13.1 Å². The summed E-state index contributed by atoms with van der Waals surface area (Å²) in [7, 11) is 0. The molecule has 1 heterocycles. The highest BCUT2D eigenvalue weighted by Crippen LogP contribution is 2.26. The number of ether oxygens (including phenoxy) is 1. The van der Waals surface area contributed by atoms with Crippen molar-refractivity contribution in [3.63, 3.8) is 0 Å². The maximum atomic E-state index is 12.7. The molecule has 1 unspecified atom stereocenters. The molecular formula is C24H36N2O3. The molecule has 1 N–H and O–H groups in total. The van der Waals surface area contributed by atoms with Gasteiger partial charge in [0.05, 0.1) is 0 Å². The van der Waals surface area contributed by atoms with E-state index in [1.165, 1.54) is 24.8 Å². The Morgan fingerprint density at radius 1 is 0.966 bits per heavy atom. The number of rotatable bonds is 6. The predicted octanol–water partition coefficient (Wildman–Crippen LogP) is 4.26. The maximum Gasteiger partial charge on any atom is 0.260 e. The van der Waals surface area contributed by atoms with E-state index in [1.54, 1.807) is 6.92 Å². The smallest absolute Gasteiger partial charge is 0.260 e. The van der Waals surface area contributed by atoms with Crippen molar-refractivity contribution >= 4 is 11.8 Å². The van der Waals surface area contributed by atoms with Gasteiger partial charge in [-0.25, -0.2) is 0 Å². The molecular weight excluding hydrogens is 364 g/mol. The quantitative estimate of drug-likeness (QED) is 0.776. The minimum atomic E-state index is -0.540. The first kappa shape index (κ1) is 21.7. The molecule has 0 bridgehead atoms. The van der Waals surface area contributed by atoms with Crippen LogP contribution >= 0.6 is 0 Å². The van der Waals surface area contributed by atoms with E-state index in [9.17, 15) is 9.59 Å². The number of benzene rings is 1. The average molecular weight is 401 g/mol. The van der Waals surface area contributed by atoms with Crippen LogP contribution in [0.5, 0.6) is 5.75 Å². The molecule has 29 heavy (non-hydrogen) atoms. The molecule has 1 aliphatic carbocycles. The molecule has 2 amide bonds. The van der Waals surface area contributed by atoms with Gasteiger partial charge in [0, 0.05) is 25.0 Å². The van der Waals surface area contributed by atoms with Gasteiger partial charge in [-0.2, -0.15) is 0 Å². The molecule has 160 valence electrons. The van der Waals surface area contributed by atoms with Crippen LogP contribution in [0.2, 0.25) is 0 Å². The first-order valence-corrected chi connectivity index (χ1v) is 11.3. The Morgan fingerprint density at radius 3 is 2.17 bits per heavy atom. The third kappa shape index (κ3) is 5.97. The second kappa shape index (κ2) is 10.1. The number of piperidine rings is 1. The Bertz CT molecular complexity index is 672. The Balaban J connectivity index is 1.42. The van der Waals surface area contributed by atoms with Gasteiger partial charge >= 0.3 is 0 Å². The number of carbonyl (C=O) groups excluding carboxylic acids is 2. The van der Waals surface area contributed by atoms with Crippen LogP contribution in [-0.4, -0.2) is 41.9 Å². The number of hydrogen-bond acceptors (Lipinski definition) is 3. The lowest BCUT2D eigenvalue weighted by Gasteiger charge is -2.35. The second-order valence-corrected chi connectivity index (χ2v) is 8.93. The summed E-state index contributed by atoms with van der Waals surface area (Å²) in [5.74, 6) is 1.65. The first-order chi connectivity index (χ1) is 13.9. The lowest BCUT2D eigenvalue weighted by molar-refractivity contribution is -0.137. The number of hydrogen-bond donors (Lipinski definition) is 1. The topological polar surface area (TPSA) is 58.6 Å². The fourth-order valence-corrected chi connectivity index (χ4v) is 4.36. The molecule has 0 aromatic heterocycles. The van der Waals surface area contributed by atoms with Crippen molar-refractivity contribution < 1.29 is 14.3 Å². The van der Waals surface area contributed by atoms with Gasteiger partial charge in [-0.15, -0.1) is 0 Å². The van der Waals surface area contributed by atoms with Crippen LogP contribution in [0.1, 0.15) is 77.2 Å². The molecule has 1 saturated carbocycles. The molecule has 5 nitrogen and oxygen atoms in total. The highest BCUT2D eigenvalue weighted by atomic mass is 16.5. The minimum Gasteiger partial charge on any atom is -0.481 e. The van der Waals surface area contributed by atoms with Crippen molar-refractivity contribution in [3.05, 3.63) is 29.8 Å². The zero-order valence-electron chi connectivity index (χ0n) is 18.2. The maximum absolute atomic E-state index is 12.7. The zero-order chi connectivity index (χ0) is 20.8. The molecule has 1 aromatic carbocycles. The standard InChI is InChI=1S/C24H36N2O3/c1-17(2)19-9-11-22(12-10-19)29-18(3)23(27)25-21-13-15-26(16-14-21)24(28)20-7-5-4-6-8-20/h9-12,17-18,20-21H,4-8,13-16H2,1-3H3,(H,25,27). The molecule has 2 aliphatic rings. The van der Waals surface area contributed by atoms with Crippen LogP contribution in [0.25, 0.3) is 0 Å². The Kier molecular flexibility index (Phi) is 7.57. The van der Waals surface area contributed by atoms with Crippen LogP contribution in [0.15, 0.2) is 24.3 Å². The number of likely N-dealkylation sites (tertiary alicyclic amines) is 1. The third-order valence-electron chi connectivity index (χ3n) is 6.34. The van der Waals surface area contributed by atoms with Gasteiger partial charge in [-0.05, 0) is 56.2 Å². The molecule has 3 rings (SSSR count). The minimum absolute atomic E-state index is 0.0880. The van der Waals surface area contributed by atoms with Crippen molar-refractivity contribution in [1.29, 1.82) is 0 Å². The van der Waals surface area contributed by atoms with E-state index in [1.807, 2.05) is 29.2 Å². The van der Waals surface area contributed by atoms with E-state index < -0.39 is 6.10 Å². The third-order valence-corrected chi connectivity index (χ3v) is 6.34. The summed E-state index contributed by atoms with van der Waals surface area (Å²) < 4.78 is 5.81. The van der Waals surface area contributed by atoms with Crippen molar-refractivity contribution in [1.82, 2.24) is 10.2 Å². The number of nitrogens with one attached hydrogen (secondary N) is 1. The fraction of sp³-hybridized carbons (Fsp3) is 0.667. The summed E-state index contributed by atoms with van der Waals surface area (Å²) in [6.07, 6.45) is 6.81. The summed E-state index contributed by atoms with van der Waals surface area (Å²) in [4.78, 5) is 27.2. The molecule has 0 radical (unpaired) electrons. The summed E-state index contributed by atoms with van der Waals surface area (Å²) >= 11 is 0. The summed E-state index contributed by atoms with van der Waals surface area (Å²) in [6, 6.07) is 8.06. The highest BCUT2D eigenvalue weighted by molar-refractivity contribution is 5.81. The van der Waals surface area contributed by atoms with Gasteiger partial charge in [0.1, 0.15) is 5.75 Å². The molecule has 1 atom stereocenters. The lowest BCUT2D eigenvalue weighted by Crippen LogP contribution is -2.50. The Morgan fingerprint density at radius 2 is 1.59 bits per heavy atom. The van der Waals surface area contributed by atoms with Crippen molar-refractivity contribution in [3.8, 4) is 5.75 Å². The first-order valence-electron chi connectivity index (χ1n) is 11.3. The van der Waals surface area contributed by atoms with Gasteiger partial charge in [-0.3, -0.25) is 9.59 Å². The van der Waals surface area contributed by atoms with E-state index in [0.717, 1.165) is 38.8 Å². The fourth-order valence-electron chi connectivity index (χ4n) is 4.36. The van der Waals surface area contributed by atoms with Gasteiger partial charge in [0.15, 0.2) is 6.10 Å². The molecule has 1 saturated heterocycles. The molecule has 1 aromatic rings. The highest BCUT2D eigenvalue weighted by Gasteiger charge is 2.30. The van der Waals surface area contributed by atoms with Crippen LogP contribution in [0, 0.1) is 5.92 Å². The van der Waals surface area contributed by atoms with E-state index in [0.29, 0.717) is 17.6 Å². The van der Waals surface area contributed by atoms with E-state index in [4.69, 9.17) is 4.74 Å². The van der Waals surface area contributed by atoms with Gasteiger partial charge in [0.25, 0.3) is 5.91 Å². The van der Waals surface area contributed by atoms with Gasteiger partial charge in [0.2, 0.25) is 5.91 Å². The van der Waals surface area contributed by atoms with Crippen LogP contribution in [0.4, 0.5) is 0 Å². The van der Waals surface area contributed by atoms with Crippen molar-refractivity contribution in [2.45, 2.75) is 83.8 Å². The normalized spacial score (nSPS) is 19.8. The van der Waals surface area contributed by atoms with Crippen LogP contribution < -0.4 is 10.1 Å². The van der Waals surface area contributed by atoms with Gasteiger partial charge in [-0.1, -0.05) is 45.2 Å². The summed E-state index contributed by atoms with van der Waals surface area (Å²) in [5.41, 5.74) is 1.25. The van der Waals surface area contributed by atoms with E-state index in [2.05, 4.69) is 19.2 Å². The molecule has 0 spiro atoms. The second-order valence-electron chi connectivity index (χ2n) is 8.93. The Hall–Kier alpha value is -2.04. The number of amides is 2. The Labute approximate surface area is 175 Å². The van der Waals surface area contributed by atoms with E-state index in [-0.39, 0.29) is 17.9 Å². The van der Waals surface area contributed by atoms with Crippen LogP contribution in [0.3, 0.4) is 0 Å². The van der Waals surface area contributed by atoms with E-state index >= 15 is 0 Å². The lowest BCUT2D eigenvalue weighted by atomic mass is 9.87. The largest absolute Gasteiger partial charge is 0.481 e. The summed E-state index contributed by atoms with van der Waals surface area (Å²) in [6.45, 7) is 7.58. The predicted molar refractivity (Wildman–Crippen MR) is 115 cm³/mol. The molecule has 5 heteroatoms. The van der Waals surface area contributed by atoms with Crippen LogP contribution in [-0.2, 0) is 9.59 Å². The summed E-state index contributed by atoms with van der Waals surface area (Å²) in [5, 5.41) is 3.11. The SMILES string of the molecule is CC(Oc1ccc(C(C)C)cc1)C(=O)NC1CCN(C(=O)C2CCCCC2)CC1. The average Bonchev–Trinajstić information content (AvgIpc) is 2.74. The van der Waals surface area contributed by atoms with Gasteiger partial charge < -0.3 is 15.0 Å². The molecule has 1 aliphatic heterocycles. The zero-order valence-corrected chi connectivity index (χ0v) is 18.2. The van der Waals surface area contributed by atoms with Crippen molar-refractivity contribution in [2.24, 2.45) is 5.92 Å². The number of carbonyl (C=O) groups is 2. The monoisotopic (exact) mass is 400 g/mol. The molecule has 2 fully saturated rings.